The molecule has 0 aromatic carbocycles. The van der Waals surface area contributed by atoms with Crippen LogP contribution in [0.25, 0.3) is 0 Å². The lowest BCUT2D eigenvalue weighted by Gasteiger charge is -2.14. The topological polar surface area (TPSA) is 44.8 Å². The Labute approximate surface area is 255 Å². The van der Waals surface area contributed by atoms with Crippen molar-refractivity contribution in [2.75, 3.05) is 19.8 Å². The van der Waals surface area contributed by atoms with Gasteiger partial charge in [0.2, 0.25) is 0 Å². The number of rotatable bonds is 21. The van der Waals surface area contributed by atoms with E-state index in [1.807, 2.05) is 0 Å². The van der Waals surface area contributed by atoms with Crippen LogP contribution in [0.2, 0.25) is 0 Å². The summed E-state index contributed by atoms with van der Waals surface area (Å²) in [6, 6.07) is 0. The Morgan fingerprint density at radius 1 is 0.439 bits per heavy atom. The van der Waals surface area contributed by atoms with Gasteiger partial charge in [-0.25, -0.2) is 4.57 Å². The largest absolute Gasteiger partial charge is 0.477 e. The molecule has 0 radical (unpaired) electrons. The van der Waals surface area contributed by atoms with Crippen LogP contribution in [-0.4, -0.2) is 19.8 Å². The lowest BCUT2D eigenvalue weighted by atomic mass is 9.97. The molecule has 0 rings (SSSR count). The van der Waals surface area contributed by atoms with Gasteiger partial charge in [-0.15, -0.1) is 17.8 Å². The molecule has 0 saturated heterocycles. The molecule has 0 heterocycles. The van der Waals surface area contributed by atoms with Gasteiger partial charge in [-0.3, -0.25) is 13.6 Å². The van der Waals surface area contributed by atoms with E-state index in [1.54, 1.807) is 0 Å². The summed E-state index contributed by atoms with van der Waals surface area (Å²) in [5.74, 6) is 22.2. The fourth-order valence-corrected chi connectivity index (χ4v) is 5.16. The normalized spacial score (nSPS) is 14.8. The van der Waals surface area contributed by atoms with Gasteiger partial charge in [-0.2, -0.15) is 0 Å². The summed E-state index contributed by atoms with van der Waals surface area (Å²) >= 11 is 0. The quantitative estimate of drug-likeness (QED) is 0.0985. The van der Waals surface area contributed by atoms with E-state index >= 15 is 0 Å². The zero-order valence-corrected chi connectivity index (χ0v) is 29.0. The van der Waals surface area contributed by atoms with Crippen LogP contribution in [0, 0.1) is 71.0 Å². The molecule has 0 aliphatic carbocycles. The zero-order chi connectivity index (χ0) is 30.9. The molecule has 3 unspecified atom stereocenters. The Balaban J connectivity index is 4.80. The molecule has 0 amide bonds. The van der Waals surface area contributed by atoms with Crippen LogP contribution in [0.5, 0.6) is 0 Å². The monoisotopic (exact) mass is 590 g/mol. The Hall–Kier alpha value is -1.21. The van der Waals surface area contributed by atoms with Crippen molar-refractivity contribution >= 4 is 7.82 Å². The lowest BCUT2D eigenvalue weighted by Crippen LogP contribution is -2.02. The molecule has 41 heavy (non-hydrogen) atoms. The van der Waals surface area contributed by atoms with E-state index in [2.05, 4.69) is 97.8 Å². The summed E-state index contributed by atoms with van der Waals surface area (Å²) in [5, 5.41) is 0. The first-order valence-corrected chi connectivity index (χ1v) is 17.8. The Kier molecular flexibility index (Phi) is 24.6. The highest BCUT2D eigenvalue weighted by Gasteiger charge is 2.25. The minimum Gasteiger partial charge on any atom is -0.274 e. The second-order valence-electron chi connectivity index (χ2n) is 13.2. The Bertz CT molecular complexity index is 760. The van der Waals surface area contributed by atoms with Gasteiger partial charge in [-0.05, 0) is 54.8 Å². The number of phosphoric ester groups is 1. The highest BCUT2D eigenvalue weighted by atomic mass is 31.2. The van der Waals surface area contributed by atoms with Crippen molar-refractivity contribution in [3.05, 3.63) is 0 Å². The van der Waals surface area contributed by atoms with E-state index in [9.17, 15) is 4.57 Å². The predicted molar refractivity (Wildman–Crippen MR) is 176 cm³/mol. The minimum atomic E-state index is -3.80. The van der Waals surface area contributed by atoms with Crippen LogP contribution < -0.4 is 0 Å². The van der Waals surface area contributed by atoms with Gasteiger partial charge in [0, 0.05) is 19.3 Å². The molecule has 0 N–H and O–H groups in total. The average molecular weight is 591 g/mol. The summed E-state index contributed by atoms with van der Waals surface area (Å²) in [7, 11) is -3.80. The summed E-state index contributed by atoms with van der Waals surface area (Å²) in [5.41, 5.74) is 0. The van der Waals surface area contributed by atoms with E-state index in [0.29, 0.717) is 17.8 Å². The first-order chi connectivity index (χ1) is 19.4. The van der Waals surface area contributed by atoms with Gasteiger partial charge in [0.25, 0.3) is 0 Å². The van der Waals surface area contributed by atoms with Crippen LogP contribution in [0.15, 0.2) is 0 Å². The molecule has 0 aliphatic rings. The van der Waals surface area contributed by atoms with E-state index in [-0.39, 0.29) is 19.8 Å². The molecule has 236 valence electrons. The molecule has 0 aromatic rings. The van der Waals surface area contributed by atoms with E-state index < -0.39 is 7.82 Å². The molecule has 0 bridgehead atoms. The molecule has 3 atom stereocenters. The molecule has 4 nitrogen and oxygen atoms in total. The lowest BCUT2D eigenvalue weighted by molar-refractivity contribution is 0.146. The van der Waals surface area contributed by atoms with Gasteiger partial charge >= 0.3 is 7.82 Å². The number of hydrogen-bond acceptors (Lipinski definition) is 4. The second kappa shape index (κ2) is 25.3. The van der Waals surface area contributed by atoms with Crippen molar-refractivity contribution in [1.82, 2.24) is 0 Å². The molecule has 0 fully saturated rings. The third kappa shape index (κ3) is 27.4. The average Bonchev–Trinajstić information content (AvgIpc) is 2.87. The fraction of sp³-hybridized carbons (Fsp3) is 0.833. The molecule has 0 spiro atoms. The van der Waals surface area contributed by atoms with Crippen molar-refractivity contribution in [3.63, 3.8) is 0 Å². The first-order valence-electron chi connectivity index (χ1n) is 16.3. The van der Waals surface area contributed by atoms with Crippen molar-refractivity contribution in [1.29, 1.82) is 0 Å². The van der Waals surface area contributed by atoms with Crippen LogP contribution >= 0.6 is 7.82 Å². The number of hydrogen-bond donors (Lipinski definition) is 0. The maximum Gasteiger partial charge on any atom is 0.477 e. The van der Waals surface area contributed by atoms with Crippen LogP contribution in [0.4, 0.5) is 0 Å². The summed E-state index contributed by atoms with van der Waals surface area (Å²) in [4.78, 5) is 0. The van der Waals surface area contributed by atoms with Crippen LogP contribution in [-0.2, 0) is 18.1 Å². The Morgan fingerprint density at radius 2 is 0.707 bits per heavy atom. The molecule has 0 aromatic heterocycles. The summed E-state index contributed by atoms with van der Waals surface area (Å²) in [6.45, 7) is 20.2. The van der Waals surface area contributed by atoms with Crippen molar-refractivity contribution in [3.8, 4) is 35.5 Å². The highest BCUT2D eigenvalue weighted by molar-refractivity contribution is 7.48. The standard InChI is InChI=1S/C36H63O4P/c1-31(2)19-16-25-34(7)22-10-13-28-38-41(37,39-29-14-11-23-35(8)26-17-20-32(3)4)40-30-15-12-24-36(9)27-18-21-33(5)6/h31-36H,16-30H2,1-9H3. The highest BCUT2D eigenvalue weighted by Crippen LogP contribution is 2.48. The number of phosphoric acid groups is 1. The van der Waals surface area contributed by atoms with E-state index in [4.69, 9.17) is 13.6 Å². The smallest absolute Gasteiger partial charge is 0.274 e. The maximum absolute atomic E-state index is 13.2. The molecule has 5 heteroatoms. The van der Waals surface area contributed by atoms with E-state index in [0.717, 1.165) is 37.0 Å². The molecular formula is C36H63O4P. The van der Waals surface area contributed by atoms with Crippen LogP contribution in [0.1, 0.15) is 139 Å². The molecule has 0 aliphatic heterocycles. The molecular weight excluding hydrogens is 527 g/mol. The first kappa shape index (κ1) is 39.8. The van der Waals surface area contributed by atoms with Gasteiger partial charge in [0.1, 0.15) is 19.8 Å². The summed E-state index contributed by atoms with van der Waals surface area (Å²) in [6.07, 6.45) is 13.3. The third-order valence-electron chi connectivity index (χ3n) is 7.05. The maximum atomic E-state index is 13.2. The van der Waals surface area contributed by atoms with Gasteiger partial charge in [0.15, 0.2) is 0 Å². The Morgan fingerprint density at radius 3 is 0.951 bits per heavy atom. The van der Waals surface area contributed by atoms with Gasteiger partial charge < -0.3 is 0 Å². The zero-order valence-electron chi connectivity index (χ0n) is 28.2. The van der Waals surface area contributed by atoms with Gasteiger partial charge in [-0.1, -0.05) is 119 Å². The van der Waals surface area contributed by atoms with Crippen molar-refractivity contribution in [2.45, 2.75) is 139 Å². The second-order valence-corrected chi connectivity index (χ2v) is 14.9. The molecule has 0 saturated carbocycles. The van der Waals surface area contributed by atoms with Gasteiger partial charge in [0.05, 0.1) is 0 Å². The summed E-state index contributed by atoms with van der Waals surface area (Å²) < 4.78 is 29.8. The minimum absolute atomic E-state index is 0.00335. The SMILES string of the molecule is CC(C)CCCC(C)CC#CCOP(=O)(OCC#CCC(C)CCCC(C)C)OCC#CCC(C)CCCC(C)C. The third-order valence-corrected chi connectivity index (χ3v) is 8.38. The van der Waals surface area contributed by atoms with Crippen LogP contribution in [0.3, 0.4) is 0 Å². The van der Waals surface area contributed by atoms with Crippen molar-refractivity contribution in [2.24, 2.45) is 35.5 Å². The predicted octanol–water partition coefficient (Wildman–Crippen LogP) is 10.7. The van der Waals surface area contributed by atoms with E-state index in [1.165, 1.54) is 57.8 Å². The fourth-order valence-electron chi connectivity index (χ4n) is 4.27. The van der Waals surface area contributed by atoms with Crippen molar-refractivity contribution < 1.29 is 18.1 Å².